The molecule has 1 fully saturated rings. The van der Waals surface area contributed by atoms with Crippen LogP contribution in [0.15, 0.2) is 4.52 Å². The molecule has 2 heterocycles. The maximum Gasteiger partial charge on any atom is 0.291 e. The van der Waals surface area contributed by atoms with E-state index in [0.29, 0.717) is 12.2 Å². The van der Waals surface area contributed by atoms with Crippen molar-refractivity contribution in [3.63, 3.8) is 0 Å². The van der Waals surface area contributed by atoms with Gasteiger partial charge in [0.15, 0.2) is 0 Å². The van der Waals surface area contributed by atoms with Crippen molar-refractivity contribution in [2.24, 2.45) is 0 Å². The topological polar surface area (TPSA) is 64.4 Å². The maximum absolute atomic E-state index is 11.7. The molecular formula is C10H13ClN2O3. The fourth-order valence-electron chi connectivity index (χ4n) is 1.59. The second-order valence-corrected chi connectivity index (χ2v) is 4.13. The minimum absolute atomic E-state index is 0.0668. The number of nitrogens with one attached hydrogen (secondary N) is 1. The van der Waals surface area contributed by atoms with Crippen molar-refractivity contribution in [3.05, 3.63) is 16.5 Å². The molecule has 0 aromatic carbocycles. The van der Waals surface area contributed by atoms with Crippen molar-refractivity contribution in [2.75, 3.05) is 13.2 Å². The van der Waals surface area contributed by atoms with Crippen molar-refractivity contribution in [1.82, 2.24) is 10.5 Å². The Kier molecular flexibility index (Phi) is 3.46. The Morgan fingerprint density at radius 3 is 3.06 bits per heavy atom. The highest BCUT2D eigenvalue weighted by Crippen LogP contribution is 2.19. The summed E-state index contributed by atoms with van der Waals surface area (Å²) in [6.07, 6.45) is 2.12. The van der Waals surface area contributed by atoms with Gasteiger partial charge in [-0.15, -0.1) is 0 Å². The third-order valence-corrected chi connectivity index (χ3v) is 2.96. The molecule has 5 nitrogen and oxygen atoms in total. The van der Waals surface area contributed by atoms with Crippen LogP contribution >= 0.6 is 11.6 Å². The van der Waals surface area contributed by atoms with Gasteiger partial charge in [-0.2, -0.15) is 0 Å². The molecule has 0 bridgehead atoms. The number of carbonyl (C=O) groups is 1. The van der Waals surface area contributed by atoms with Crippen LogP contribution in [-0.2, 0) is 4.74 Å². The van der Waals surface area contributed by atoms with E-state index in [1.807, 2.05) is 0 Å². The molecule has 1 amide bonds. The van der Waals surface area contributed by atoms with Gasteiger partial charge in [0.25, 0.3) is 5.91 Å². The lowest BCUT2D eigenvalue weighted by molar-refractivity contribution is 0.0828. The second kappa shape index (κ2) is 4.84. The summed E-state index contributed by atoms with van der Waals surface area (Å²) in [6, 6.07) is 0. The minimum Gasteiger partial charge on any atom is -0.376 e. The second-order valence-electron chi connectivity index (χ2n) is 3.76. The van der Waals surface area contributed by atoms with Crippen LogP contribution in [0.2, 0.25) is 5.02 Å². The van der Waals surface area contributed by atoms with Crippen molar-refractivity contribution in [3.8, 4) is 0 Å². The monoisotopic (exact) mass is 244 g/mol. The summed E-state index contributed by atoms with van der Waals surface area (Å²) in [4.78, 5) is 11.7. The van der Waals surface area contributed by atoms with Gasteiger partial charge in [0.05, 0.1) is 11.8 Å². The van der Waals surface area contributed by atoms with Crippen molar-refractivity contribution in [1.29, 1.82) is 0 Å². The molecule has 1 aromatic heterocycles. The Morgan fingerprint density at radius 1 is 1.69 bits per heavy atom. The van der Waals surface area contributed by atoms with E-state index in [0.717, 1.165) is 19.4 Å². The minimum atomic E-state index is -0.346. The molecule has 1 aromatic rings. The van der Waals surface area contributed by atoms with Crippen LogP contribution in [0.5, 0.6) is 0 Å². The molecule has 1 aliphatic rings. The van der Waals surface area contributed by atoms with E-state index in [-0.39, 0.29) is 22.8 Å². The quantitative estimate of drug-likeness (QED) is 0.876. The van der Waals surface area contributed by atoms with Gasteiger partial charge in [-0.3, -0.25) is 4.79 Å². The number of amides is 1. The van der Waals surface area contributed by atoms with Crippen LogP contribution in [0.4, 0.5) is 0 Å². The van der Waals surface area contributed by atoms with Crippen LogP contribution in [0.1, 0.15) is 29.1 Å². The summed E-state index contributed by atoms with van der Waals surface area (Å²) >= 11 is 5.85. The van der Waals surface area contributed by atoms with E-state index in [1.165, 1.54) is 0 Å². The highest BCUT2D eigenvalue weighted by Gasteiger charge is 2.21. The van der Waals surface area contributed by atoms with Crippen LogP contribution in [0, 0.1) is 6.92 Å². The van der Waals surface area contributed by atoms with E-state index in [2.05, 4.69) is 10.5 Å². The summed E-state index contributed by atoms with van der Waals surface area (Å²) in [7, 11) is 0. The Hall–Kier alpha value is -1.07. The number of hydrogen-bond donors (Lipinski definition) is 1. The standard InChI is InChI=1S/C10H13ClN2O3/c1-6-8(11)9(16-13-6)10(14)12-5-7-3-2-4-15-7/h7H,2-5H2,1H3,(H,12,14)/t7-/m0/s1. The Bertz CT molecular complexity index is 385. The maximum atomic E-state index is 11.7. The van der Waals surface area contributed by atoms with Crippen LogP contribution in [-0.4, -0.2) is 30.3 Å². The number of ether oxygens (including phenoxy) is 1. The van der Waals surface area contributed by atoms with Gasteiger partial charge in [0.2, 0.25) is 5.76 Å². The Morgan fingerprint density at radius 2 is 2.50 bits per heavy atom. The third-order valence-electron chi connectivity index (χ3n) is 2.51. The number of halogens is 1. The predicted molar refractivity (Wildman–Crippen MR) is 57.6 cm³/mol. The molecule has 6 heteroatoms. The molecule has 0 saturated carbocycles. The fraction of sp³-hybridized carbons (Fsp3) is 0.600. The number of aryl methyl sites for hydroxylation is 1. The Labute approximate surface area is 98.1 Å². The summed E-state index contributed by atoms with van der Waals surface area (Å²) in [5.41, 5.74) is 0.518. The summed E-state index contributed by atoms with van der Waals surface area (Å²) in [6.45, 7) is 2.93. The van der Waals surface area contributed by atoms with Gasteiger partial charge in [0, 0.05) is 13.2 Å². The molecule has 2 rings (SSSR count). The molecule has 1 atom stereocenters. The van der Waals surface area contributed by atoms with Gasteiger partial charge in [-0.25, -0.2) is 0 Å². The van der Waals surface area contributed by atoms with Gasteiger partial charge < -0.3 is 14.6 Å². The predicted octanol–water partition coefficient (Wildman–Crippen LogP) is 1.55. The number of aromatic nitrogens is 1. The zero-order valence-electron chi connectivity index (χ0n) is 8.96. The van der Waals surface area contributed by atoms with Crippen LogP contribution < -0.4 is 5.32 Å². The lowest BCUT2D eigenvalue weighted by atomic mass is 10.2. The Balaban J connectivity index is 1.90. The van der Waals surface area contributed by atoms with Gasteiger partial charge in [-0.05, 0) is 19.8 Å². The number of hydrogen-bond acceptors (Lipinski definition) is 4. The van der Waals surface area contributed by atoms with Gasteiger partial charge in [0.1, 0.15) is 5.02 Å². The summed E-state index contributed by atoms with van der Waals surface area (Å²) < 4.78 is 10.2. The highest BCUT2D eigenvalue weighted by atomic mass is 35.5. The number of carbonyl (C=O) groups excluding carboxylic acids is 1. The van der Waals surface area contributed by atoms with Gasteiger partial charge >= 0.3 is 0 Å². The lowest BCUT2D eigenvalue weighted by Gasteiger charge is -2.09. The fourth-order valence-corrected chi connectivity index (χ4v) is 1.75. The van der Waals surface area contributed by atoms with Crippen LogP contribution in [0.3, 0.4) is 0 Å². The zero-order chi connectivity index (χ0) is 11.5. The molecule has 1 saturated heterocycles. The molecule has 88 valence electrons. The molecular weight excluding hydrogens is 232 g/mol. The van der Waals surface area contributed by atoms with Gasteiger partial charge in [-0.1, -0.05) is 16.8 Å². The first-order valence-corrected chi connectivity index (χ1v) is 5.58. The first kappa shape index (κ1) is 11.4. The summed E-state index contributed by atoms with van der Waals surface area (Å²) in [5, 5.41) is 6.60. The molecule has 1 aliphatic heterocycles. The van der Waals surface area contributed by atoms with E-state index in [9.17, 15) is 4.79 Å². The van der Waals surface area contributed by atoms with Crippen molar-refractivity contribution < 1.29 is 14.1 Å². The number of rotatable bonds is 3. The zero-order valence-corrected chi connectivity index (χ0v) is 9.71. The molecule has 0 spiro atoms. The van der Waals surface area contributed by atoms with E-state index in [4.69, 9.17) is 20.9 Å². The molecule has 0 aliphatic carbocycles. The molecule has 0 unspecified atom stereocenters. The van der Waals surface area contributed by atoms with E-state index in [1.54, 1.807) is 6.92 Å². The highest BCUT2D eigenvalue weighted by molar-refractivity contribution is 6.33. The first-order valence-electron chi connectivity index (χ1n) is 5.20. The lowest BCUT2D eigenvalue weighted by Crippen LogP contribution is -2.31. The largest absolute Gasteiger partial charge is 0.376 e. The third kappa shape index (κ3) is 2.36. The van der Waals surface area contributed by atoms with E-state index >= 15 is 0 Å². The van der Waals surface area contributed by atoms with Crippen molar-refractivity contribution in [2.45, 2.75) is 25.9 Å². The molecule has 1 N–H and O–H groups in total. The molecule has 16 heavy (non-hydrogen) atoms. The summed E-state index contributed by atoms with van der Waals surface area (Å²) in [5.74, 6) is -0.279. The van der Waals surface area contributed by atoms with Crippen molar-refractivity contribution >= 4 is 17.5 Å². The smallest absolute Gasteiger partial charge is 0.291 e. The SMILES string of the molecule is Cc1noc(C(=O)NC[C@@H]2CCCO2)c1Cl. The molecule has 0 radical (unpaired) electrons. The normalized spacial score (nSPS) is 20.0. The average molecular weight is 245 g/mol. The van der Waals surface area contributed by atoms with Crippen LogP contribution in [0.25, 0.3) is 0 Å². The number of nitrogens with zero attached hydrogens (tertiary/aromatic N) is 1. The van der Waals surface area contributed by atoms with E-state index < -0.39 is 0 Å². The first-order chi connectivity index (χ1) is 7.68. The average Bonchev–Trinajstić information content (AvgIpc) is 2.88.